The summed E-state index contributed by atoms with van der Waals surface area (Å²) < 4.78 is 10.7. The Balaban J connectivity index is 1.38. The molecule has 1 aromatic heterocycles. The second-order valence-electron chi connectivity index (χ2n) is 7.73. The number of amides is 2. The molecular weight excluding hydrogens is 420 g/mol. The number of pyridine rings is 1. The van der Waals surface area contributed by atoms with Gasteiger partial charge in [0.25, 0.3) is 0 Å². The lowest BCUT2D eigenvalue weighted by atomic mass is 10.0. The number of benzene rings is 2. The summed E-state index contributed by atoms with van der Waals surface area (Å²) in [5.74, 6) is 0.966. The van der Waals surface area contributed by atoms with E-state index in [1.54, 1.807) is 36.5 Å². The Morgan fingerprint density at radius 3 is 2.73 bits per heavy atom. The molecule has 0 spiro atoms. The molecule has 0 bridgehead atoms. The first kappa shape index (κ1) is 20.7. The number of nitrogens with one attached hydrogen (secondary N) is 1. The highest BCUT2D eigenvalue weighted by Crippen LogP contribution is 2.34. The summed E-state index contributed by atoms with van der Waals surface area (Å²) >= 11 is 0. The molecule has 8 heteroatoms. The molecule has 0 fully saturated rings. The van der Waals surface area contributed by atoms with Crippen molar-refractivity contribution < 1.29 is 19.1 Å². The maximum absolute atomic E-state index is 13.2. The highest BCUT2D eigenvalue weighted by molar-refractivity contribution is 6.18. The third-order valence-corrected chi connectivity index (χ3v) is 5.55. The van der Waals surface area contributed by atoms with E-state index in [9.17, 15) is 9.59 Å². The first-order valence-electron chi connectivity index (χ1n) is 10.7. The number of hydrogen-bond donors (Lipinski definition) is 1. The van der Waals surface area contributed by atoms with Crippen molar-refractivity contribution in [2.45, 2.75) is 19.8 Å². The van der Waals surface area contributed by atoms with Crippen LogP contribution in [0.5, 0.6) is 11.5 Å². The van der Waals surface area contributed by atoms with Crippen LogP contribution in [0.4, 0.5) is 17.2 Å². The summed E-state index contributed by atoms with van der Waals surface area (Å²) in [4.78, 5) is 36.5. The quantitative estimate of drug-likeness (QED) is 0.648. The number of carbonyl (C=O) groups is 2. The number of ether oxygens (including phenoxy) is 2. The molecule has 2 aliphatic heterocycles. The SMILES string of the molecule is CCc1ccc(C2=Nc3cccnc3N(CC(=O)Nc3ccc4c(c3)OCO4)C(=O)C2)cc1. The van der Waals surface area contributed by atoms with Gasteiger partial charge in [0.15, 0.2) is 17.3 Å². The fourth-order valence-corrected chi connectivity index (χ4v) is 3.81. The Morgan fingerprint density at radius 2 is 1.91 bits per heavy atom. The van der Waals surface area contributed by atoms with E-state index < -0.39 is 0 Å². The molecule has 166 valence electrons. The fourth-order valence-electron chi connectivity index (χ4n) is 3.81. The van der Waals surface area contributed by atoms with Gasteiger partial charge in [-0.2, -0.15) is 0 Å². The van der Waals surface area contributed by atoms with E-state index in [4.69, 9.17) is 14.5 Å². The Kier molecular flexibility index (Phi) is 5.48. The number of rotatable bonds is 5. The normalized spacial score (nSPS) is 14.4. The molecule has 33 heavy (non-hydrogen) atoms. The van der Waals surface area contributed by atoms with Crippen LogP contribution < -0.4 is 19.7 Å². The molecule has 0 saturated carbocycles. The molecule has 1 N–H and O–H groups in total. The van der Waals surface area contributed by atoms with Crippen LogP contribution in [0.2, 0.25) is 0 Å². The molecule has 2 amide bonds. The smallest absolute Gasteiger partial charge is 0.244 e. The van der Waals surface area contributed by atoms with Crippen molar-refractivity contribution >= 4 is 34.7 Å². The molecule has 0 saturated heterocycles. The number of hydrogen-bond acceptors (Lipinski definition) is 6. The van der Waals surface area contributed by atoms with Crippen LogP contribution in [0.3, 0.4) is 0 Å². The zero-order valence-corrected chi connectivity index (χ0v) is 18.1. The number of aromatic nitrogens is 1. The Hall–Kier alpha value is -4.20. The molecule has 2 aromatic carbocycles. The van der Waals surface area contributed by atoms with E-state index >= 15 is 0 Å². The number of fused-ring (bicyclic) bond motifs is 2. The van der Waals surface area contributed by atoms with Gasteiger partial charge in [-0.05, 0) is 41.8 Å². The zero-order valence-electron chi connectivity index (χ0n) is 18.1. The molecule has 2 aliphatic rings. The van der Waals surface area contributed by atoms with Crippen molar-refractivity contribution in [2.75, 3.05) is 23.6 Å². The summed E-state index contributed by atoms with van der Waals surface area (Å²) in [6.45, 7) is 2.06. The lowest BCUT2D eigenvalue weighted by molar-refractivity contribution is -0.120. The van der Waals surface area contributed by atoms with Crippen LogP contribution in [-0.4, -0.2) is 35.8 Å². The molecular formula is C25H22N4O4. The zero-order chi connectivity index (χ0) is 22.8. The Bertz CT molecular complexity index is 1250. The van der Waals surface area contributed by atoms with E-state index in [2.05, 4.69) is 17.2 Å². The van der Waals surface area contributed by atoms with Gasteiger partial charge in [-0.15, -0.1) is 0 Å². The summed E-state index contributed by atoms with van der Waals surface area (Å²) in [6.07, 6.45) is 2.59. The van der Waals surface area contributed by atoms with Crippen LogP contribution in [0.25, 0.3) is 0 Å². The molecule has 0 radical (unpaired) electrons. The third kappa shape index (κ3) is 4.27. The lowest BCUT2D eigenvalue weighted by Crippen LogP contribution is -2.38. The van der Waals surface area contributed by atoms with Crippen molar-refractivity contribution in [2.24, 2.45) is 4.99 Å². The number of aliphatic imine (C=N–C) groups is 1. The fraction of sp³-hybridized carbons (Fsp3) is 0.200. The molecule has 3 heterocycles. The van der Waals surface area contributed by atoms with Gasteiger partial charge >= 0.3 is 0 Å². The van der Waals surface area contributed by atoms with Crippen LogP contribution in [0.1, 0.15) is 24.5 Å². The highest BCUT2D eigenvalue weighted by Gasteiger charge is 2.28. The Labute approximate surface area is 190 Å². The summed E-state index contributed by atoms with van der Waals surface area (Å²) in [5, 5.41) is 2.81. The minimum absolute atomic E-state index is 0.0686. The van der Waals surface area contributed by atoms with Gasteiger partial charge in [0, 0.05) is 18.0 Å². The predicted octanol–water partition coefficient (Wildman–Crippen LogP) is 3.87. The van der Waals surface area contributed by atoms with Crippen LogP contribution in [-0.2, 0) is 16.0 Å². The average Bonchev–Trinajstić information content (AvgIpc) is 3.25. The van der Waals surface area contributed by atoms with Crippen LogP contribution >= 0.6 is 0 Å². The minimum atomic E-state index is -0.352. The second-order valence-corrected chi connectivity index (χ2v) is 7.73. The average molecular weight is 442 g/mol. The van der Waals surface area contributed by atoms with Gasteiger partial charge in [-0.25, -0.2) is 9.98 Å². The van der Waals surface area contributed by atoms with Crippen LogP contribution in [0, 0.1) is 0 Å². The molecule has 8 nitrogen and oxygen atoms in total. The lowest BCUT2D eigenvalue weighted by Gasteiger charge is -2.20. The second kappa shape index (κ2) is 8.74. The topological polar surface area (TPSA) is 93.1 Å². The summed E-state index contributed by atoms with van der Waals surface area (Å²) in [6, 6.07) is 16.7. The largest absolute Gasteiger partial charge is 0.454 e. The summed E-state index contributed by atoms with van der Waals surface area (Å²) in [7, 11) is 0. The van der Waals surface area contributed by atoms with Crippen molar-refractivity contribution in [1.82, 2.24) is 4.98 Å². The van der Waals surface area contributed by atoms with E-state index in [0.717, 1.165) is 12.0 Å². The van der Waals surface area contributed by atoms with Gasteiger partial charge in [-0.1, -0.05) is 31.2 Å². The first-order chi connectivity index (χ1) is 16.1. The van der Waals surface area contributed by atoms with E-state index in [1.807, 2.05) is 24.3 Å². The molecule has 0 unspecified atom stereocenters. The van der Waals surface area contributed by atoms with Crippen molar-refractivity contribution in [3.05, 3.63) is 71.9 Å². The monoisotopic (exact) mass is 442 g/mol. The number of nitrogens with zero attached hydrogens (tertiary/aromatic N) is 3. The first-order valence-corrected chi connectivity index (χ1v) is 10.7. The van der Waals surface area contributed by atoms with Gasteiger partial charge in [-0.3, -0.25) is 14.5 Å². The van der Waals surface area contributed by atoms with Gasteiger partial charge < -0.3 is 14.8 Å². The van der Waals surface area contributed by atoms with Crippen molar-refractivity contribution in [1.29, 1.82) is 0 Å². The van der Waals surface area contributed by atoms with Crippen molar-refractivity contribution in [3.63, 3.8) is 0 Å². The predicted molar refractivity (Wildman–Crippen MR) is 124 cm³/mol. The molecule has 0 aliphatic carbocycles. The summed E-state index contributed by atoms with van der Waals surface area (Å²) in [5.41, 5.74) is 3.84. The van der Waals surface area contributed by atoms with E-state index in [0.29, 0.717) is 34.4 Å². The van der Waals surface area contributed by atoms with Gasteiger partial charge in [0.05, 0.1) is 12.1 Å². The van der Waals surface area contributed by atoms with Crippen molar-refractivity contribution in [3.8, 4) is 11.5 Å². The van der Waals surface area contributed by atoms with E-state index in [1.165, 1.54) is 10.5 Å². The third-order valence-electron chi connectivity index (χ3n) is 5.55. The molecule has 0 atom stereocenters. The van der Waals surface area contributed by atoms with Crippen LogP contribution in [0.15, 0.2) is 65.8 Å². The number of carbonyl (C=O) groups excluding carboxylic acids is 2. The Morgan fingerprint density at radius 1 is 1.09 bits per heavy atom. The number of anilines is 2. The minimum Gasteiger partial charge on any atom is -0.454 e. The standard InChI is InChI=1S/C25H22N4O4/c1-2-16-5-7-17(8-6-16)20-13-24(31)29(25-19(28-20)4-3-11-26-25)14-23(30)27-18-9-10-21-22(12-18)33-15-32-21/h3-12H,2,13-15H2,1H3,(H,27,30). The maximum Gasteiger partial charge on any atom is 0.244 e. The number of aryl methyl sites for hydroxylation is 1. The van der Waals surface area contributed by atoms with Gasteiger partial charge in [0.1, 0.15) is 12.2 Å². The molecule has 5 rings (SSSR count). The highest BCUT2D eigenvalue weighted by atomic mass is 16.7. The maximum atomic E-state index is 13.2. The van der Waals surface area contributed by atoms with Gasteiger partial charge in [0.2, 0.25) is 18.6 Å². The van der Waals surface area contributed by atoms with E-state index in [-0.39, 0.29) is 31.6 Å². The molecule has 3 aromatic rings.